The number of piperidine rings is 1. The number of aliphatic hydroxyl groups is 1. The highest BCUT2D eigenvalue weighted by atomic mass is 79.9. The molecule has 0 unspecified atom stereocenters. The molecule has 2 aliphatic heterocycles. The Morgan fingerprint density at radius 1 is 1.21 bits per heavy atom. The van der Waals surface area contributed by atoms with Crippen molar-refractivity contribution in [3.05, 3.63) is 22.9 Å². The minimum atomic E-state index is -1.16. The number of aliphatic hydroxyl groups excluding tert-OH is 1. The van der Waals surface area contributed by atoms with Crippen molar-refractivity contribution in [1.29, 1.82) is 0 Å². The molecule has 39 heavy (non-hydrogen) atoms. The number of carbonyl (C=O) groups excluding carboxylic acids is 2. The minimum absolute atomic E-state index is 0.157. The number of imidazole rings is 1. The number of anilines is 1. The molecule has 1 fully saturated rings. The maximum Gasteiger partial charge on any atom is 0.249 e. The number of nitrogens with one attached hydrogen (secondary N) is 1. The SMILES string of the molecule is C[C@@H](O)C(=O)N[C@H](C)C(=O)N1CCC(Cn2c(Sc3cc4c(cc3Br)OCCO4)nc3c(N)ncnc32)CC1. The maximum absolute atomic E-state index is 12.8. The highest BCUT2D eigenvalue weighted by Crippen LogP contribution is 2.42. The lowest BCUT2D eigenvalue weighted by Crippen LogP contribution is -2.51. The summed E-state index contributed by atoms with van der Waals surface area (Å²) in [5.74, 6) is 1.25. The van der Waals surface area contributed by atoms with E-state index in [1.165, 1.54) is 25.0 Å². The lowest BCUT2D eigenvalue weighted by atomic mass is 9.96. The van der Waals surface area contributed by atoms with Gasteiger partial charge in [0.15, 0.2) is 33.6 Å². The van der Waals surface area contributed by atoms with E-state index in [0.29, 0.717) is 61.3 Å². The number of hydrogen-bond acceptors (Lipinski definition) is 10. The Kier molecular flexibility index (Phi) is 8.14. The standard InChI is InChI=1S/C25H30BrN7O5S/c1-13(30-23(35)14(2)34)24(36)32-5-3-15(4-6-32)11-33-22-20(21(27)28-12-29-22)31-25(33)39-19-10-18-17(9-16(19)26)37-7-8-38-18/h9-10,12-15,34H,3-8,11H2,1-2H3,(H,30,35)(H2,27,28,29)/t13-,14-/m1/s1. The van der Waals surface area contributed by atoms with E-state index < -0.39 is 18.1 Å². The normalized spacial score (nSPS) is 17.2. The van der Waals surface area contributed by atoms with E-state index in [0.717, 1.165) is 27.4 Å². The number of carbonyl (C=O) groups is 2. The minimum Gasteiger partial charge on any atom is -0.486 e. The predicted octanol–water partition coefficient (Wildman–Crippen LogP) is 2.22. The van der Waals surface area contributed by atoms with Crippen LogP contribution in [0.15, 0.2) is 33.0 Å². The van der Waals surface area contributed by atoms with Crippen molar-refractivity contribution in [3.63, 3.8) is 0 Å². The molecule has 0 radical (unpaired) electrons. The third-order valence-electron chi connectivity index (χ3n) is 6.80. The van der Waals surface area contributed by atoms with Crippen molar-refractivity contribution in [1.82, 2.24) is 29.7 Å². The maximum atomic E-state index is 12.8. The first kappa shape index (κ1) is 27.5. The van der Waals surface area contributed by atoms with Crippen LogP contribution in [0.3, 0.4) is 0 Å². The number of halogens is 1. The molecule has 1 aromatic carbocycles. The third-order valence-corrected chi connectivity index (χ3v) is 8.77. The van der Waals surface area contributed by atoms with Gasteiger partial charge in [-0.1, -0.05) is 11.8 Å². The first-order valence-corrected chi connectivity index (χ1v) is 14.3. The Balaban J connectivity index is 1.32. The molecular formula is C25H30BrN7O5S. The van der Waals surface area contributed by atoms with Crippen LogP contribution in [0.5, 0.6) is 11.5 Å². The highest BCUT2D eigenvalue weighted by Gasteiger charge is 2.29. The van der Waals surface area contributed by atoms with Crippen molar-refractivity contribution in [2.75, 3.05) is 32.0 Å². The molecule has 5 rings (SSSR count). The van der Waals surface area contributed by atoms with Crippen LogP contribution in [0.2, 0.25) is 0 Å². The number of nitrogen functional groups attached to an aromatic ring is 1. The van der Waals surface area contributed by atoms with E-state index in [9.17, 15) is 14.7 Å². The number of benzene rings is 1. The second-order valence-electron chi connectivity index (χ2n) is 9.64. The zero-order valence-electron chi connectivity index (χ0n) is 21.6. The number of aromatic nitrogens is 4. The smallest absolute Gasteiger partial charge is 0.249 e. The van der Waals surface area contributed by atoms with E-state index in [4.69, 9.17) is 20.2 Å². The van der Waals surface area contributed by atoms with Gasteiger partial charge in [-0.25, -0.2) is 15.0 Å². The summed E-state index contributed by atoms with van der Waals surface area (Å²) in [6.45, 7) is 5.80. The number of nitrogens with zero attached hydrogens (tertiary/aromatic N) is 5. The number of amides is 2. The molecule has 0 saturated carbocycles. The summed E-state index contributed by atoms with van der Waals surface area (Å²) in [4.78, 5) is 40.7. The quantitative estimate of drug-likeness (QED) is 0.358. The first-order chi connectivity index (χ1) is 18.7. The second kappa shape index (κ2) is 11.6. The van der Waals surface area contributed by atoms with E-state index >= 15 is 0 Å². The Bertz CT molecular complexity index is 1390. The molecule has 14 heteroatoms. The van der Waals surface area contributed by atoms with Gasteiger partial charge in [-0.3, -0.25) is 9.59 Å². The molecule has 208 valence electrons. The van der Waals surface area contributed by atoms with E-state index in [2.05, 4.69) is 35.8 Å². The summed E-state index contributed by atoms with van der Waals surface area (Å²) in [5, 5.41) is 12.7. The molecule has 3 aromatic rings. The fourth-order valence-electron chi connectivity index (χ4n) is 4.66. The van der Waals surface area contributed by atoms with Gasteiger partial charge in [0.1, 0.15) is 31.7 Å². The van der Waals surface area contributed by atoms with Crippen LogP contribution >= 0.6 is 27.7 Å². The van der Waals surface area contributed by atoms with Crippen LogP contribution in [0.4, 0.5) is 5.82 Å². The number of likely N-dealkylation sites (tertiary alicyclic amines) is 1. The molecule has 0 spiro atoms. The fraction of sp³-hybridized carbons (Fsp3) is 0.480. The molecule has 4 N–H and O–H groups in total. The summed E-state index contributed by atoms with van der Waals surface area (Å²) in [7, 11) is 0. The molecule has 2 aliphatic rings. The van der Waals surface area contributed by atoms with Crippen molar-refractivity contribution in [3.8, 4) is 11.5 Å². The second-order valence-corrected chi connectivity index (χ2v) is 11.5. The lowest BCUT2D eigenvalue weighted by molar-refractivity contribution is -0.139. The summed E-state index contributed by atoms with van der Waals surface area (Å²) < 4.78 is 14.4. The molecular weight excluding hydrogens is 590 g/mol. The van der Waals surface area contributed by atoms with Gasteiger partial charge in [0.2, 0.25) is 11.8 Å². The molecule has 1 saturated heterocycles. The van der Waals surface area contributed by atoms with Gasteiger partial charge in [0.25, 0.3) is 0 Å². The Hall–Kier alpha value is -3.10. The number of fused-ring (bicyclic) bond motifs is 2. The summed E-state index contributed by atoms with van der Waals surface area (Å²) in [6.07, 6.45) is 1.83. The summed E-state index contributed by atoms with van der Waals surface area (Å²) >= 11 is 5.12. The summed E-state index contributed by atoms with van der Waals surface area (Å²) in [6, 6.07) is 3.13. The molecule has 2 aromatic heterocycles. The van der Waals surface area contributed by atoms with Gasteiger partial charge < -0.3 is 35.1 Å². The molecule has 4 heterocycles. The number of hydrogen-bond donors (Lipinski definition) is 3. The van der Waals surface area contributed by atoms with Gasteiger partial charge >= 0.3 is 0 Å². The molecule has 2 amide bonds. The fourth-order valence-corrected chi connectivity index (χ4v) is 6.15. The van der Waals surface area contributed by atoms with E-state index in [1.807, 2.05) is 12.1 Å². The van der Waals surface area contributed by atoms with Crippen LogP contribution in [0, 0.1) is 5.92 Å². The molecule has 12 nitrogen and oxygen atoms in total. The topological polar surface area (TPSA) is 158 Å². The van der Waals surface area contributed by atoms with Crippen molar-refractivity contribution >= 4 is 56.5 Å². The number of rotatable bonds is 7. The van der Waals surface area contributed by atoms with Crippen molar-refractivity contribution in [2.45, 2.75) is 55.4 Å². The van der Waals surface area contributed by atoms with Crippen LogP contribution in [-0.4, -0.2) is 79.8 Å². The molecule has 0 bridgehead atoms. The highest BCUT2D eigenvalue weighted by molar-refractivity contribution is 9.10. The van der Waals surface area contributed by atoms with Gasteiger partial charge in [0, 0.05) is 29.0 Å². The molecule has 0 aliphatic carbocycles. The monoisotopic (exact) mass is 619 g/mol. The largest absolute Gasteiger partial charge is 0.486 e. The average Bonchev–Trinajstić information content (AvgIpc) is 3.27. The summed E-state index contributed by atoms with van der Waals surface area (Å²) in [5.41, 5.74) is 7.35. The first-order valence-electron chi connectivity index (χ1n) is 12.7. The van der Waals surface area contributed by atoms with Crippen LogP contribution in [0.1, 0.15) is 26.7 Å². The van der Waals surface area contributed by atoms with Crippen LogP contribution < -0.4 is 20.5 Å². The van der Waals surface area contributed by atoms with Crippen molar-refractivity contribution in [2.24, 2.45) is 5.92 Å². The Morgan fingerprint density at radius 3 is 2.59 bits per heavy atom. The Labute approximate surface area is 237 Å². The van der Waals surface area contributed by atoms with Gasteiger partial charge in [-0.2, -0.15) is 0 Å². The number of ether oxygens (including phenoxy) is 2. The zero-order chi connectivity index (χ0) is 27.7. The van der Waals surface area contributed by atoms with Gasteiger partial charge in [-0.05, 0) is 60.7 Å². The van der Waals surface area contributed by atoms with Crippen molar-refractivity contribution < 1.29 is 24.2 Å². The van der Waals surface area contributed by atoms with Crippen LogP contribution in [-0.2, 0) is 16.1 Å². The van der Waals surface area contributed by atoms with E-state index in [-0.39, 0.29) is 11.8 Å². The van der Waals surface area contributed by atoms with E-state index in [1.54, 1.807) is 11.8 Å². The van der Waals surface area contributed by atoms with Gasteiger partial charge in [0.05, 0.1) is 0 Å². The predicted molar refractivity (Wildman–Crippen MR) is 148 cm³/mol. The van der Waals surface area contributed by atoms with Gasteiger partial charge in [-0.15, -0.1) is 0 Å². The third kappa shape index (κ3) is 5.92. The average molecular weight is 621 g/mol. The Morgan fingerprint density at radius 2 is 1.90 bits per heavy atom. The van der Waals surface area contributed by atoms with Crippen LogP contribution in [0.25, 0.3) is 11.2 Å². The number of nitrogens with two attached hydrogens (primary N) is 1. The lowest BCUT2D eigenvalue weighted by Gasteiger charge is -2.34. The molecule has 2 atom stereocenters. The zero-order valence-corrected chi connectivity index (χ0v) is 24.0.